The van der Waals surface area contributed by atoms with Crippen LogP contribution in [0.5, 0.6) is 0 Å². The molecule has 45 heavy (non-hydrogen) atoms. The molecule has 0 radical (unpaired) electrons. The number of hydrogen-bond donors (Lipinski definition) is 1. The first-order chi connectivity index (χ1) is 21.6. The number of carbonyl (C=O) groups excluding carboxylic acids is 3. The Morgan fingerprint density at radius 1 is 1.04 bits per heavy atom. The van der Waals surface area contributed by atoms with Gasteiger partial charge in [0, 0.05) is 58.9 Å². The van der Waals surface area contributed by atoms with Crippen molar-refractivity contribution in [2.45, 2.75) is 39.8 Å². The van der Waals surface area contributed by atoms with Crippen LogP contribution in [0.3, 0.4) is 0 Å². The van der Waals surface area contributed by atoms with Gasteiger partial charge in [-0.25, -0.2) is 14.4 Å². The highest BCUT2D eigenvalue weighted by Gasteiger charge is 2.38. The van der Waals surface area contributed by atoms with E-state index in [1.807, 2.05) is 32.0 Å². The van der Waals surface area contributed by atoms with Gasteiger partial charge in [0.15, 0.2) is 11.6 Å². The fourth-order valence-corrected chi connectivity index (χ4v) is 6.07. The van der Waals surface area contributed by atoms with E-state index in [0.29, 0.717) is 35.3 Å². The summed E-state index contributed by atoms with van der Waals surface area (Å²) in [4.78, 5) is 54.1. The first-order valence-electron chi connectivity index (χ1n) is 14.5. The monoisotopic (exact) mass is 624 g/mol. The van der Waals surface area contributed by atoms with Crippen LogP contribution in [0, 0.1) is 18.7 Å². The zero-order chi connectivity index (χ0) is 31.8. The summed E-state index contributed by atoms with van der Waals surface area (Å²) in [6.07, 6.45) is 7.08. The summed E-state index contributed by atoms with van der Waals surface area (Å²) in [5, 5.41) is 3.68. The summed E-state index contributed by atoms with van der Waals surface area (Å²) in [5.41, 5.74) is 3.26. The molecular formula is C34H30ClFN6O3. The third-order valence-electron chi connectivity index (χ3n) is 8.08. The maximum atomic E-state index is 15.5. The molecule has 3 aromatic heterocycles. The number of ketones is 1. The molecule has 4 heterocycles. The fourth-order valence-electron chi connectivity index (χ4n) is 5.85. The van der Waals surface area contributed by atoms with E-state index in [1.165, 1.54) is 24.1 Å². The summed E-state index contributed by atoms with van der Waals surface area (Å²) in [7, 11) is 0. The minimum atomic E-state index is -0.795. The molecule has 6 rings (SSSR count). The molecular weight excluding hydrogens is 595 g/mol. The molecule has 2 atom stereocenters. The number of hydrogen-bond acceptors (Lipinski definition) is 6. The Morgan fingerprint density at radius 3 is 2.56 bits per heavy atom. The number of nitrogens with one attached hydrogen (secondary N) is 1. The number of anilines is 1. The molecule has 5 aromatic rings. The molecule has 0 aliphatic carbocycles. The minimum Gasteiger partial charge on any atom is -0.337 e. The maximum Gasteiger partial charge on any atom is 0.247 e. The molecule has 0 spiro atoms. The van der Waals surface area contributed by atoms with Gasteiger partial charge >= 0.3 is 0 Å². The number of halogens is 2. The number of likely N-dealkylation sites (tertiary alicyclic amines) is 1. The number of amides is 2. The van der Waals surface area contributed by atoms with Crippen molar-refractivity contribution in [3.8, 4) is 22.4 Å². The first-order valence-corrected chi connectivity index (χ1v) is 14.9. The van der Waals surface area contributed by atoms with Gasteiger partial charge in [-0.1, -0.05) is 30.7 Å². The lowest BCUT2D eigenvalue weighted by Gasteiger charge is -2.24. The van der Waals surface area contributed by atoms with E-state index in [9.17, 15) is 14.4 Å². The second-order valence-corrected chi connectivity index (χ2v) is 11.8. The Hall–Kier alpha value is -4.96. The van der Waals surface area contributed by atoms with E-state index in [2.05, 4.69) is 20.3 Å². The summed E-state index contributed by atoms with van der Waals surface area (Å²) in [5.74, 6) is -0.846. The van der Waals surface area contributed by atoms with Crippen molar-refractivity contribution < 1.29 is 18.8 Å². The molecule has 1 saturated heterocycles. The molecule has 1 aliphatic heterocycles. The van der Waals surface area contributed by atoms with E-state index >= 15 is 4.39 Å². The highest BCUT2D eigenvalue weighted by Crippen LogP contribution is 2.33. The number of nitrogens with zero attached hydrogens (tertiary/aromatic N) is 5. The summed E-state index contributed by atoms with van der Waals surface area (Å²) in [6, 6.07) is 12.7. The zero-order valence-electron chi connectivity index (χ0n) is 24.9. The first kappa shape index (κ1) is 30.1. The van der Waals surface area contributed by atoms with Crippen LogP contribution in [0.2, 0.25) is 5.02 Å². The lowest BCUT2D eigenvalue weighted by Crippen LogP contribution is -2.44. The number of benzene rings is 2. The average Bonchev–Trinajstić information content (AvgIpc) is 3.59. The number of aromatic nitrogens is 4. The van der Waals surface area contributed by atoms with E-state index in [-0.39, 0.29) is 46.1 Å². The largest absolute Gasteiger partial charge is 0.337 e. The summed E-state index contributed by atoms with van der Waals surface area (Å²) >= 11 is 6.24. The zero-order valence-corrected chi connectivity index (χ0v) is 25.7. The molecule has 0 saturated carbocycles. The lowest BCUT2D eigenvalue weighted by molar-refractivity contribution is -0.137. The van der Waals surface area contributed by atoms with Crippen molar-refractivity contribution in [3.05, 3.63) is 95.5 Å². The minimum absolute atomic E-state index is 0.0246. The van der Waals surface area contributed by atoms with Crippen molar-refractivity contribution in [2.75, 3.05) is 11.9 Å². The van der Waals surface area contributed by atoms with Crippen LogP contribution in [0.15, 0.2) is 73.3 Å². The third-order valence-corrected chi connectivity index (χ3v) is 8.39. The van der Waals surface area contributed by atoms with Crippen molar-refractivity contribution in [1.82, 2.24) is 24.4 Å². The second kappa shape index (κ2) is 12.2. The molecule has 0 bridgehead atoms. The highest BCUT2D eigenvalue weighted by atomic mass is 35.5. The molecule has 1 aliphatic rings. The Balaban J connectivity index is 1.25. The second-order valence-electron chi connectivity index (χ2n) is 11.4. The predicted molar refractivity (Wildman–Crippen MR) is 170 cm³/mol. The normalized spacial score (nSPS) is 16.2. The van der Waals surface area contributed by atoms with Crippen molar-refractivity contribution in [1.29, 1.82) is 0 Å². The van der Waals surface area contributed by atoms with Gasteiger partial charge in [-0.2, -0.15) is 0 Å². The number of Topliss-reactive ketones (excluding diaryl/α,β-unsaturated/α-hetero) is 1. The number of fused-ring (bicyclic) bond motifs is 1. The van der Waals surface area contributed by atoms with Gasteiger partial charge in [0.1, 0.15) is 18.4 Å². The molecule has 1 N–H and O–H groups in total. The summed E-state index contributed by atoms with van der Waals surface area (Å²) in [6.45, 7) is 5.56. The molecule has 2 aromatic carbocycles. The van der Waals surface area contributed by atoms with E-state index < -0.39 is 17.8 Å². The van der Waals surface area contributed by atoms with Crippen molar-refractivity contribution in [2.24, 2.45) is 5.92 Å². The van der Waals surface area contributed by atoms with E-state index in [0.717, 1.165) is 11.1 Å². The molecule has 9 nitrogen and oxygen atoms in total. The van der Waals surface area contributed by atoms with Crippen LogP contribution in [0.4, 0.5) is 10.1 Å². The van der Waals surface area contributed by atoms with Gasteiger partial charge in [-0.05, 0) is 68.1 Å². The standard InChI is InChI=1S/C34H30ClFN6O3/c1-19-12-30(34(45)40-28-8-4-6-24(32(28)36)33-27(35)7-5-11-37-33)42(16-19)31(44)18-41-17-26(20(2)43)25-13-22(9-10-29(25)41)23-14-38-21(3)39-15-23/h4-11,13-15,17,19,30H,12,16,18H2,1-3H3,(H,40,45). The van der Waals surface area contributed by atoms with Crippen molar-refractivity contribution in [3.63, 3.8) is 0 Å². The number of pyridine rings is 1. The number of aryl methyl sites for hydroxylation is 1. The Labute approximate surface area is 264 Å². The van der Waals surface area contributed by atoms with Crippen LogP contribution in [-0.2, 0) is 16.1 Å². The maximum absolute atomic E-state index is 15.5. The van der Waals surface area contributed by atoms with Gasteiger partial charge in [-0.15, -0.1) is 0 Å². The molecule has 11 heteroatoms. The van der Waals surface area contributed by atoms with Crippen LogP contribution in [-0.4, -0.2) is 54.6 Å². The highest BCUT2D eigenvalue weighted by molar-refractivity contribution is 6.33. The van der Waals surface area contributed by atoms with Crippen LogP contribution < -0.4 is 5.32 Å². The predicted octanol–water partition coefficient (Wildman–Crippen LogP) is 6.34. The Kier molecular flexibility index (Phi) is 8.16. The summed E-state index contributed by atoms with van der Waals surface area (Å²) < 4.78 is 17.3. The lowest BCUT2D eigenvalue weighted by atomic mass is 10.0. The van der Waals surface area contributed by atoms with Gasteiger partial charge in [0.25, 0.3) is 0 Å². The fraction of sp³-hybridized carbons (Fsp3) is 0.235. The van der Waals surface area contributed by atoms with Crippen molar-refractivity contribution >= 4 is 45.8 Å². The number of carbonyl (C=O) groups is 3. The smallest absolute Gasteiger partial charge is 0.247 e. The Morgan fingerprint density at radius 2 is 1.82 bits per heavy atom. The quantitative estimate of drug-likeness (QED) is 0.212. The SMILES string of the molecule is CC(=O)c1cn(CC(=O)N2CC(C)CC2C(=O)Nc2cccc(-c3ncccc3Cl)c2F)c2ccc(-c3cnc(C)nc3)cc12. The average molecular weight is 625 g/mol. The van der Waals surface area contributed by atoms with Crippen LogP contribution in [0.25, 0.3) is 33.3 Å². The van der Waals surface area contributed by atoms with Gasteiger partial charge in [0.2, 0.25) is 11.8 Å². The van der Waals surface area contributed by atoms with Gasteiger partial charge in [-0.3, -0.25) is 19.4 Å². The van der Waals surface area contributed by atoms with Gasteiger partial charge < -0.3 is 14.8 Å². The molecule has 2 unspecified atom stereocenters. The van der Waals surface area contributed by atoms with Gasteiger partial charge in [0.05, 0.1) is 16.4 Å². The molecule has 228 valence electrons. The van der Waals surface area contributed by atoms with Crippen LogP contribution in [0.1, 0.15) is 36.5 Å². The third kappa shape index (κ3) is 5.93. The van der Waals surface area contributed by atoms with E-state index in [1.54, 1.807) is 47.4 Å². The Bertz CT molecular complexity index is 1960. The molecule has 1 fully saturated rings. The number of rotatable bonds is 7. The van der Waals surface area contributed by atoms with E-state index in [4.69, 9.17) is 11.6 Å². The van der Waals surface area contributed by atoms with Crippen LogP contribution >= 0.6 is 11.6 Å². The molecule has 2 amide bonds. The topological polar surface area (TPSA) is 110 Å².